The van der Waals surface area contributed by atoms with Gasteiger partial charge in [-0.25, -0.2) is 9.59 Å². The van der Waals surface area contributed by atoms with E-state index in [1.165, 1.54) is 14.2 Å². The summed E-state index contributed by atoms with van der Waals surface area (Å²) in [5.74, 6) is 0.680. The number of amides is 2. The summed E-state index contributed by atoms with van der Waals surface area (Å²) in [6.07, 6.45) is 0. The molecule has 2 aromatic carbocycles. The van der Waals surface area contributed by atoms with Crippen molar-refractivity contribution < 1.29 is 23.8 Å². The number of thiocarbonyl (C=S) groups is 1. The molecule has 3 N–H and O–H groups in total. The van der Waals surface area contributed by atoms with E-state index in [2.05, 4.69) is 16.0 Å². The summed E-state index contributed by atoms with van der Waals surface area (Å²) in [7, 11) is 4.86. The van der Waals surface area contributed by atoms with Crippen LogP contribution >= 0.6 is 12.2 Å². The Kier molecular flexibility index (Phi) is 7.95. The monoisotopic (exact) mass is 484 g/mol. The van der Waals surface area contributed by atoms with Gasteiger partial charge in [0.2, 0.25) is 0 Å². The number of carbonyl (C=O) groups is 2. The minimum Gasteiger partial charge on any atom is -0.497 e. The summed E-state index contributed by atoms with van der Waals surface area (Å²) in [5.41, 5.74) is 2.96. The number of allylic oxidation sites excluding steroid dienone is 1. The third kappa shape index (κ3) is 5.57. The molecule has 1 aliphatic rings. The molecule has 3 rings (SSSR count). The van der Waals surface area contributed by atoms with E-state index >= 15 is 0 Å². The Labute approximate surface area is 204 Å². The first-order valence-corrected chi connectivity index (χ1v) is 11.0. The Morgan fingerprint density at radius 3 is 2.32 bits per heavy atom. The third-order valence-electron chi connectivity index (χ3n) is 5.34. The number of nitrogens with one attached hydrogen (secondary N) is 3. The van der Waals surface area contributed by atoms with Crippen LogP contribution < -0.4 is 25.4 Å². The van der Waals surface area contributed by atoms with Gasteiger partial charge in [-0.1, -0.05) is 12.1 Å². The maximum atomic E-state index is 12.7. The highest BCUT2D eigenvalue weighted by molar-refractivity contribution is 7.80. The zero-order valence-electron chi connectivity index (χ0n) is 19.7. The van der Waals surface area contributed by atoms with E-state index in [9.17, 15) is 9.59 Å². The highest BCUT2D eigenvalue weighted by atomic mass is 32.1. The molecule has 180 valence electrons. The first-order chi connectivity index (χ1) is 16.3. The quantitative estimate of drug-likeness (QED) is 0.400. The molecule has 0 saturated carbocycles. The Morgan fingerprint density at radius 2 is 1.71 bits per heavy atom. The van der Waals surface area contributed by atoms with Crippen molar-refractivity contribution in [1.29, 1.82) is 0 Å². The number of anilines is 2. The van der Waals surface area contributed by atoms with Crippen LogP contribution in [0.2, 0.25) is 0 Å². The SMILES string of the molecule is CCOC(=O)C1=C(C)N(C)C(=S)NC1c1cccc(NC(=O)Nc2cc(OC)cc(OC)c2)c1. The molecule has 1 aliphatic heterocycles. The molecule has 1 unspecified atom stereocenters. The average molecular weight is 485 g/mol. The Balaban J connectivity index is 1.83. The Morgan fingerprint density at radius 1 is 1.06 bits per heavy atom. The van der Waals surface area contributed by atoms with Crippen LogP contribution in [0.15, 0.2) is 53.7 Å². The van der Waals surface area contributed by atoms with Gasteiger partial charge >= 0.3 is 12.0 Å². The van der Waals surface area contributed by atoms with E-state index in [1.807, 2.05) is 13.0 Å². The highest BCUT2D eigenvalue weighted by Crippen LogP contribution is 2.32. The predicted octanol–water partition coefficient (Wildman–Crippen LogP) is 4.05. The second kappa shape index (κ2) is 10.9. The molecule has 1 heterocycles. The van der Waals surface area contributed by atoms with Gasteiger partial charge in [-0.05, 0) is 43.8 Å². The van der Waals surface area contributed by atoms with Crippen LogP contribution in [0.4, 0.5) is 16.2 Å². The largest absolute Gasteiger partial charge is 0.497 e. The third-order valence-corrected chi connectivity index (χ3v) is 5.73. The maximum Gasteiger partial charge on any atom is 0.338 e. The number of ether oxygens (including phenoxy) is 3. The Bertz CT molecular complexity index is 1110. The number of methoxy groups -OCH3 is 2. The van der Waals surface area contributed by atoms with Crippen LogP contribution in [0.1, 0.15) is 25.5 Å². The molecule has 1 atom stereocenters. The topological polar surface area (TPSA) is 101 Å². The molecule has 2 aromatic rings. The lowest BCUT2D eigenvalue weighted by Crippen LogP contribution is -2.46. The van der Waals surface area contributed by atoms with Crippen LogP contribution in [0.25, 0.3) is 0 Å². The number of nitrogens with zero attached hydrogens (tertiary/aromatic N) is 1. The van der Waals surface area contributed by atoms with E-state index < -0.39 is 18.0 Å². The molecule has 9 nitrogen and oxygen atoms in total. The number of carbonyl (C=O) groups excluding carboxylic acids is 2. The van der Waals surface area contributed by atoms with E-state index in [-0.39, 0.29) is 6.61 Å². The van der Waals surface area contributed by atoms with Crippen LogP contribution in [0.3, 0.4) is 0 Å². The van der Waals surface area contributed by atoms with E-state index in [4.69, 9.17) is 26.4 Å². The molecule has 0 fully saturated rings. The van der Waals surface area contributed by atoms with Gasteiger partial charge < -0.3 is 35.1 Å². The molecular formula is C24H28N4O5S. The molecule has 10 heteroatoms. The van der Waals surface area contributed by atoms with Crippen molar-refractivity contribution >= 4 is 40.7 Å². The first-order valence-electron chi connectivity index (χ1n) is 10.6. The summed E-state index contributed by atoms with van der Waals surface area (Å²) in [6.45, 7) is 3.84. The molecule has 0 aliphatic carbocycles. The van der Waals surface area contributed by atoms with E-state index in [1.54, 1.807) is 55.3 Å². The van der Waals surface area contributed by atoms with Gasteiger partial charge in [-0.3, -0.25) is 0 Å². The summed E-state index contributed by atoms with van der Waals surface area (Å²) in [4.78, 5) is 27.1. The molecule has 0 spiro atoms. The van der Waals surface area contributed by atoms with Crippen LogP contribution in [0.5, 0.6) is 11.5 Å². The zero-order chi connectivity index (χ0) is 24.8. The number of hydrogen-bond acceptors (Lipinski definition) is 6. The van der Waals surface area contributed by atoms with Gasteiger partial charge in [-0.2, -0.15) is 0 Å². The molecule has 2 amide bonds. The van der Waals surface area contributed by atoms with Crippen molar-refractivity contribution in [3.63, 3.8) is 0 Å². The lowest BCUT2D eigenvalue weighted by Gasteiger charge is -2.35. The second-order valence-electron chi connectivity index (χ2n) is 7.47. The molecular weight excluding hydrogens is 456 g/mol. The molecule has 0 bridgehead atoms. The van der Waals surface area contributed by atoms with Crippen molar-refractivity contribution in [2.24, 2.45) is 0 Å². The first kappa shape index (κ1) is 24.8. The lowest BCUT2D eigenvalue weighted by atomic mass is 9.95. The summed E-state index contributed by atoms with van der Waals surface area (Å²) >= 11 is 5.43. The number of rotatable bonds is 7. The van der Waals surface area contributed by atoms with Crippen molar-refractivity contribution in [3.8, 4) is 11.5 Å². The van der Waals surface area contributed by atoms with Gasteiger partial charge in [0.25, 0.3) is 0 Å². The van der Waals surface area contributed by atoms with Crippen LogP contribution in [-0.4, -0.2) is 49.9 Å². The van der Waals surface area contributed by atoms with E-state index in [0.717, 1.165) is 5.56 Å². The second-order valence-corrected chi connectivity index (χ2v) is 7.85. The van der Waals surface area contributed by atoms with Crippen molar-refractivity contribution in [3.05, 3.63) is 59.3 Å². The standard InChI is InChI=1S/C24H28N4O5S/c1-6-33-22(29)20-14(2)28(3)24(34)27-21(20)15-8-7-9-16(10-15)25-23(30)26-17-11-18(31-4)13-19(12-17)32-5/h7-13,21H,6H2,1-5H3,(H,27,34)(H2,25,26,30). The normalized spacial score (nSPS) is 15.4. The number of benzene rings is 2. The maximum absolute atomic E-state index is 12.7. The number of urea groups is 1. The van der Waals surface area contributed by atoms with Crippen molar-refractivity contribution in [2.75, 3.05) is 38.5 Å². The van der Waals surface area contributed by atoms with Crippen LogP contribution in [0, 0.1) is 0 Å². The number of hydrogen-bond donors (Lipinski definition) is 3. The fourth-order valence-corrected chi connectivity index (χ4v) is 3.78. The number of esters is 1. The van der Waals surface area contributed by atoms with Gasteiger partial charge in [0.1, 0.15) is 11.5 Å². The average Bonchev–Trinajstić information content (AvgIpc) is 2.82. The molecule has 34 heavy (non-hydrogen) atoms. The van der Waals surface area contributed by atoms with Crippen molar-refractivity contribution in [2.45, 2.75) is 19.9 Å². The fraction of sp³-hybridized carbons (Fsp3) is 0.292. The van der Waals surface area contributed by atoms with Gasteiger partial charge in [0.05, 0.1) is 32.4 Å². The lowest BCUT2D eigenvalue weighted by molar-refractivity contribution is -0.139. The summed E-state index contributed by atoms with van der Waals surface area (Å²) in [6, 6.07) is 11.3. The van der Waals surface area contributed by atoms with Gasteiger partial charge in [0, 0.05) is 42.3 Å². The molecule has 0 saturated heterocycles. The highest BCUT2D eigenvalue weighted by Gasteiger charge is 2.33. The zero-order valence-corrected chi connectivity index (χ0v) is 20.5. The fourth-order valence-electron chi connectivity index (χ4n) is 3.53. The van der Waals surface area contributed by atoms with E-state index in [0.29, 0.717) is 39.3 Å². The summed E-state index contributed by atoms with van der Waals surface area (Å²) < 4.78 is 15.8. The van der Waals surface area contributed by atoms with Crippen LogP contribution in [-0.2, 0) is 9.53 Å². The molecule has 0 aromatic heterocycles. The smallest absolute Gasteiger partial charge is 0.338 e. The Hall–Kier alpha value is -3.79. The molecule has 0 radical (unpaired) electrons. The van der Waals surface area contributed by atoms with Gasteiger partial charge in [-0.15, -0.1) is 0 Å². The summed E-state index contributed by atoms with van der Waals surface area (Å²) in [5, 5.41) is 9.25. The van der Waals surface area contributed by atoms with Gasteiger partial charge in [0.15, 0.2) is 5.11 Å². The predicted molar refractivity (Wildman–Crippen MR) is 134 cm³/mol. The minimum absolute atomic E-state index is 0.257. The minimum atomic E-state index is -0.518. The van der Waals surface area contributed by atoms with Crippen molar-refractivity contribution in [1.82, 2.24) is 10.2 Å².